The molecule has 118 valence electrons. The van der Waals surface area contributed by atoms with Crippen molar-refractivity contribution in [2.24, 2.45) is 17.6 Å². The Hall–Kier alpha value is -1.42. The molecule has 0 aromatic heterocycles. The van der Waals surface area contributed by atoms with E-state index in [4.69, 9.17) is 5.73 Å². The number of amides is 1. The van der Waals surface area contributed by atoms with E-state index in [1.165, 1.54) is 6.07 Å². The number of rotatable bonds is 7. The van der Waals surface area contributed by atoms with Crippen LogP contribution in [0.4, 0.5) is 4.39 Å². The van der Waals surface area contributed by atoms with E-state index in [-0.39, 0.29) is 23.7 Å². The van der Waals surface area contributed by atoms with Crippen molar-refractivity contribution in [3.63, 3.8) is 0 Å². The summed E-state index contributed by atoms with van der Waals surface area (Å²) >= 11 is 0. The third kappa shape index (κ3) is 5.46. The van der Waals surface area contributed by atoms with Crippen molar-refractivity contribution in [2.45, 2.75) is 39.7 Å². The first kappa shape index (κ1) is 17.6. The summed E-state index contributed by atoms with van der Waals surface area (Å²) in [4.78, 5) is 14.0. The summed E-state index contributed by atoms with van der Waals surface area (Å²) in [6, 6.07) is 6.71. The number of carbonyl (C=O) groups is 1. The van der Waals surface area contributed by atoms with Crippen molar-refractivity contribution >= 4 is 5.91 Å². The molecule has 1 amide bonds. The molecule has 1 aromatic rings. The summed E-state index contributed by atoms with van der Waals surface area (Å²) in [5.74, 6) is -0.0395. The van der Waals surface area contributed by atoms with Crippen molar-refractivity contribution in [1.29, 1.82) is 0 Å². The third-order valence-electron chi connectivity index (χ3n) is 3.94. The highest BCUT2D eigenvalue weighted by Crippen LogP contribution is 2.14. The fraction of sp³-hybridized carbons (Fsp3) is 0.588. The minimum absolute atomic E-state index is 0.0363. The predicted octanol–water partition coefficient (Wildman–Crippen LogP) is 2.84. The van der Waals surface area contributed by atoms with Gasteiger partial charge in [-0.15, -0.1) is 0 Å². The number of benzene rings is 1. The van der Waals surface area contributed by atoms with Crippen molar-refractivity contribution in [3.8, 4) is 0 Å². The Bertz CT molecular complexity index is 462. The van der Waals surface area contributed by atoms with Crippen molar-refractivity contribution < 1.29 is 9.18 Å². The van der Waals surface area contributed by atoms with Crippen LogP contribution in [0.1, 0.15) is 32.8 Å². The molecule has 0 fully saturated rings. The Kier molecular flexibility index (Phi) is 6.82. The second kappa shape index (κ2) is 8.13. The van der Waals surface area contributed by atoms with Crippen LogP contribution >= 0.6 is 0 Å². The Morgan fingerprint density at radius 1 is 1.29 bits per heavy atom. The monoisotopic (exact) mass is 294 g/mol. The van der Waals surface area contributed by atoms with Gasteiger partial charge in [0.2, 0.25) is 5.91 Å². The van der Waals surface area contributed by atoms with E-state index < -0.39 is 0 Å². The molecule has 0 heterocycles. The quantitative estimate of drug-likeness (QED) is 0.840. The number of halogens is 1. The third-order valence-corrected chi connectivity index (χ3v) is 3.94. The second-order valence-corrected chi connectivity index (χ2v) is 6.15. The van der Waals surface area contributed by atoms with Crippen LogP contribution in [-0.4, -0.2) is 30.4 Å². The van der Waals surface area contributed by atoms with Gasteiger partial charge in [0.1, 0.15) is 5.82 Å². The summed E-state index contributed by atoms with van der Waals surface area (Å²) in [6.07, 6.45) is 1.21. The number of hydrogen-bond donors (Lipinski definition) is 1. The molecule has 4 heteroatoms. The second-order valence-electron chi connectivity index (χ2n) is 6.15. The van der Waals surface area contributed by atoms with Crippen LogP contribution in [0.15, 0.2) is 24.3 Å². The van der Waals surface area contributed by atoms with E-state index in [0.29, 0.717) is 24.4 Å². The van der Waals surface area contributed by atoms with Crippen LogP contribution in [0, 0.1) is 17.7 Å². The molecule has 0 bridgehead atoms. The van der Waals surface area contributed by atoms with E-state index >= 15 is 0 Å². The van der Waals surface area contributed by atoms with Gasteiger partial charge in [0.25, 0.3) is 0 Å². The average Bonchev–Trinajstić information content (AvgIpc) is 2.45. The SMILES string of the molecule is CC(Cc1ccccc1F)C(=O)N(C)CCC(N)C(C)C. The molecule has 2 unspecified atom stereocenters. The minimum Gasteiger partial charge on any atom is -0.345 e. The lowest BCUT2D eigenvalue weighted by Crippen LogP contribution is -2.37. The van der Waals surface area contributed by atoms with Gasteiger partial charge in [0.15, 0.2) is 0 Å². The predicted molar refractivity (Wildman–Crippen MR) is 84.3 cm³/mol. The highest BCUT2D eigenvalue weighted by Gasteiger charge is 2.20. The fourth-order valence-electron chi connectivity index (χ4n) is 2.24. The van der Waals surface area contributed by atoms with Gasteiger partial charge in [-0.25, -0.2) is 4.39 Å². The van der Waals surface area contributed by atoms with E-state index in [1.807, 2.05) is 6.92 Å². The molecular formula is C17H27FN2O. The molecule has 2 N–H and O–H groups in total. The topological polar surface area (TPSA) is 46.3 Å². The van der Waals surface area contributed by atoms with Crippen molar-refractivity contribution in [3.05, 3.63) is 35.6 Å². The van der Waals surface area contributed by atoms with Crippen LogP contribution < -0.4 is 5.73 Å². The minimum atomic E-state index is -0.248. The van der Waals surface area contributed by atoms with Gasteiger partial charge in [-0.05, 0) is 30.4 Å². The van der Waals surface area contributed by atoms with E-state index in [1.54, 1.807) is 30.1 Å². The van der Waals surface area contributed by atoms with Crippen molar-refractivity contribution in [2.75, 3.05) is 13.6 Å². The molecular weight excluding hydrogens is 267 g/mol. The van der Waals surface area contributed by atoms with Crippen LogP contribution in [0.5, 0.6) is 0 Å². The number of hydrogen-bond acceptors (Lipinski definition) is 2. The van der Waals surface area contributed by atoms with Gasteiger partial charge in [-0.1, -0.05) is 39.0 Å². The Balaban J connectivity index is 2.52. The Morgan fingerprint density at radius 3 is 2.48 bits per heavy atom. The molecule has 1 aromatic carbocycles. The molecule has 0 aliphatic rings. The molecule has 0 spiro atoms. The first-order valence-electron chi connectivity index (χ1n) is 7.56. The highest BCUT2D eigenvalue weighted by atomic mass is 19.1. The van der Waals surface area contributed by atoms with Crippen LogP contribution in [-0.2, 0) is 11.2 Å². The normalized spacial score (nSPS) is 14.0. The maximum atomic E-state index is 13.6. The summed E-state index contributed by atoms with van der Waals surface area (Å²) in [7, 11) is 1.78. The van der Waals surface area contributed by atoms with Crippen LogP contribution in [0.2, 0.25) is 0 Å². The van der Waals surface area contributed by atoms with Gasteiger partial charge in [0.05, 0.1) is 0 Å². The number of carbonyl (C=O) groups excluding carboxylic acids is 1. The van der Waals surface area contributed by atoms with Gasteiger partial charge >= 0.3 is 0 Å². The fourth-order valence-corrected chi connectivity index (χ4v) is 2.24. The average molecular weight is 294 g/mol. The molecule has 21 heavy (non-hydrogen) atoms. The van der Waals surface area contributed by atoms with E-state index in [0.717, 1.165) is 6.42 Å². The summed E-state index contributed by atoms with van der Waals surface area (Å²) < 4.78 is 13.6. The highest BCUT2D eigenvalue weighted by molar-refractivity contribution is 5.78. The maximum absolute atomic E-state index is 13.6. The molecule has 3 nitrogen and oxygen atoms in total. The first-order valence-corrected chi connectivity index (χ1v) is 7.56. The molecule has 0 aliphatic heterocycles. The largest absolute Gasteiger partial charge is 0.345 e. The van der Waals surface area contributed by atoms with Crippen molar-refractivity contribution in [1.82, 2.24) is 4.90 Å². The van der Waals surface area contributed by atoms with Crippen LogP contribution in [0.3, 0.4) is 0 Å². The standard InChI is InChI=1S/C17H27FN2O/c1-12(2)16(19)9-10-20(4)17(21)13(3)11-14-7-5-6-8-15(14)18/h5-8,12-13,16H,9-11,19H2,1-4H3. The zero-order valence-electron chi connectivity index (χ0n) is 13.5. The lowest BCUT2D eigenvalue weighted by molar-refractivity contribution is -0.133. The molecule has 1 rings (SSSR count). The molecule has 0 radical (unpaired) electrons. The lowest BCUT2D eigenvalue weighted by atomic mass is 9.98. The smallest absolute Gasteiger partial charge is 0.225 e. The lowest BCUT2D eigenvalue weighted by Gasteiger charge is -2.24. The van der Waals surface area contributed by atoms with E-state index in [9.17, 15) is 9.18 Å². The van der Waals surface area contributed by atoms with Gasteiger partial charge in [-0.3, -0.25) is 4.79 Å². The van der Waals surface area contributed by atoms with E-state index in [2.05, 4.69) is 13.8 Å². The molecule has 0 saturated carbocycles. The number of nitrogens with zero attached hydrogens (tertiary/aromatic N) is 1. The molecule has 0 aliphatic carbocycles. The first-order chi connectivity index (χ1) is 9.82. The summed E-state index contributed by atoms with van der Waals surface area (Å²) in [6.45, 7) is 6.63. The Morgan fingerprint density at radius 2 is 1.90 bits per heavy atom. The Labute approximate surface area is 127 Å². The van der Waals surface area contributed by atoms with Gasteiger partial charge in [-0.2, -0.15) is 0 Å². The van der Waals surface area contributed by atoms with Gasteiger partial charge in [0, 0.05) is 25.6 Å². The molecule has 2 atom stereocenters. The molecule has 0 saturated heterocycles. The maximum Gasteiger partial charge on any atom is 0.225 e. The zero-order valence-corrected chi connectivity index (χ0v) is 13.5. The summed E-state index contributed by atoms with van der Waals surface area (Å²) in [5.41, 5.74) is 6.59. The number of nitrogens with two attached hydrogens (primary N) is 1. The zero-order chi connectivity index (χ0) is 16.0. The summed E-state index contributed by atoms with van der Waals surface area (Å²) in [5, 5.41) is 0. The van der Waals surface area contributed by atoms with Crippen LogP contribution in [0.25, 0.3) is 0 Å². The van der Waals surface area contributed by atoms with Gasteiger partial charge < -0.3 is 10.6 Å².